The number of likely N-dealkylation sites (tertiary alicyclic amines) is 1. The topological polar surface area (TPSA) is 66.9 Å². The maximum atomic E-state index is 12.7. The van der Waals surface area contributed by atoms with Crippen LogP contribution in [0.3, 0.4) is 0 Å². The van der Waals surface area contributed by atoms with Crippen molar-refractivity contribution in [2.75, 3.05) is 31.1 Å². The quantitative estimate of drug-likeness (QED) is 0.902. The van der Waals surface area contributed by atoms with Crippen molar-refractivity contribution >= 4 is 17.1 Å². The van der Waals surface area contributed by atoms with Crippen LogP contribution < -0.4 is 10.6 Å². The molecule has 0 spiro atoms. The largest absolute Gasteiger partial charge is 0.371 e. The van der Waals surface area contributed by atoms with Crippen molar-refractivity contribution in [2.24, 2.45) is 5.73 Å². The van der Waals surface area contributed by atoms with Crippen molar-refractivity contribution in [3.05, 3.63) is 30.1 Å². The molecule has 116 valence electrons. The SMILES string of the molecule is NC1CCN(C(=O)c2cnn3ccc(N4CCCC4)cc23)C1. The van der Waals surface area contributed by atoms with Gasteiger partial charge in [-0.15, -0.1) is 0 Å². The number of aromatic nitrogens is 2. The molecule has 2 aromatic heterocycles. The van der Waals surface area contributed by atoms with Gasteiger partial charge in [-0.1, -0.05) is 0 Å². The Morgan fingerprint density at radius 3 is 2.82 bits per heavy atom. The predicted molar refractivity (Wildman–Crippen MR) is 85.1 cm³/mol. The van der Waals surface area contributed by atoms with Gasteiger partial charge in [0.15, 0.2) is 0 Å². The van der Waals surface area contributed by atoms with Crippen LogP contribution in [0, 0.1) is 0 Å². The Labute approximate surface area is 129 Å². The Hall–Kier alpha value is -2.08. The molecule has 1 amide bonds. The monoisotopic (exact) mass is 299 g/mol. The third-order valence-corrected chi connectivity index (χ3v) is 4.72. The molecule has 4 rings (SSSR count). The number of carbonyl (C=O) groups is 1. The molecule has 0 saturated carbocycles. The van der Waals surface area contributed by atoms with Crippen molar-refractivity contribution in [3.8, 4) is 0 Å². The van der Waals surface area contributed by atoms with Crippen molar-refractivity contribution in [3.63, 3.8) is 0 Å². The molecule has 1 unspecified atom stereocenters. The smallest absolute Gasteiger partial charge is 0.257 e. The average Bonchev–Trinajstić information content (AvgIpc) is 3.26. The van der Waals surface area contributed by atoms with E-state index in [1.807, 2.05) is 11.1 Å². The highest BCUT2D eigenvalue weighted by Crippen LogP contribution is 2.24. The fourth-order valence-corrected chi connectivity index (χ4v) is 3.45. The second kappa shape index (κ2) is 5.28. The minimum absolute atomic E-state index is 0.0431. The minimum atomic E-state index is 0.0431. The van der Waals surface area contributed by atoms with E-state index in [0.717, 1.165) is 31.6 Å². The maximum Gasteiger partial charge on any atom is 0.257 e. The van der Waals surface area contributed by atoms with Crippen LogP contribution in [-0.2, 0) is 0 Å². The normalized spacial score (nSPS) is 22.0. The molecule has 2 aliphatic rings. The van der Waals surface area contributed by atoms with Crippen LogP contribution in [0.25, 0.3) is 5.52 Å². The van der Waals surface area contributed by atoms with Gasteiger partial charge in [0, 0.05) is 44.1 Å². The second-order valence-electron chi connectivity index (χ2n) is 6.27. The van der Waals surface area contributed by atoms with E-state index in [1.165, 1.54) is 18.5 Å². The molecule has 0 aliphatic carbocycles. The molecule has 6 nitrogen and oxygen atoms in total. The summed E-state index contributed by atoms with van der Waals surface area (Å²) in [6.45, 7) is 3.56. The van der Waals surface area contributed by atoms with Gasteiger partial charge in [-0.05, 0) is 31.4 Å². The van der Waals surface area contributed by atoms with E-state index in [0.29, 0.717) is 12.1 Å². The number of nitrogens with two attached hydrogens (primary N) is 1. The molecule has 2 fully saturated rings. The number of nitrogens with zero attached hydrogens (tertiary/aromatic N) is 4. The van der Waals surface area contributed by atoms with E-state index in [2.05, 4.69) is 22.1 Å². The molecule has 4 heterocycles. The summed E-state index contributed by atoms with van der Waals surface area (Å²) in [5.74, 6) is 0.0431. The standard InChI is InChI=1S/C16H21N5O/c17-12-3-7-20(11-12)16(22)14-10-18-21-8-4-13(9-15(14)21)19-5-1-2-6-19/h4,8-10,12H,1-3,5-7,11,17H2. The number of anilines is 1. The van der Waals surface area contributed by atoms with Gasteiger partial charge >= 0.3 is 0 Å². The molecule has 6 heteroatoms. The van der Waals surface area contributed by atoms with Gasteiger partial charge in [-0.3, -0.25) is 4.79 Å². The molecule has 22 heavy (non-hydrogen) atoms. The molecule has 2 N–H and O–H groups in total. The summed E-state index contributed by atoms with van der Waals surface area (Å²) in [6.07, 6.45) is 6.97. The highest BCUT2D eigenvalue weighted by atomic mass is 16.2. The summed E-state index contributed by atoms with van der Waals surface area (Å²) < 4.78 is 1.78. The van der Waals surface area contributed by atoms with Gasteiger partial charge in [0.2, 0.25) is 0 Å². The number of carbonyl (C=O) groups excluding carboxylic acids is 1. The number of amides is 1. The van der Waals surface area contributed by atoms with E-state index in [9.17, 15) is 4.79 Å². The summed E-state index contributed by atoms with van der Waals surface area (Å²) in [5, 5.41) is 4.32. The van der Waals surface area contributed by atoms with Crippen LogP contribution in [0.1, 0.15) is 29.6 Å². The first-order valence-electron chi connectivity index (χ1n) is 7.99. The fourth-order valence-electron chi connectivity index (χ4n) is 3.45. The molecular formula is C16H21N5O. The van der Waals surface area contributed by atoms with Gasteiger partial charge in [0.05, 0.1) is 17.3 Å². The van der Waals surface area contributed by atoms with Crippen LogP contribution in [0.5, 0.6) is 0 Å². The predicted octanol–water partition coefficient (Wildman–Crippen LogP) is 1.11. The number of hydrogen-bond donors (Lipinski definition) is 1. The maximum absolute atomic E-state index is 12.7. The highest BCUT2D eigenvalue weighted by Gasteiger charge is 2.26. The molecule has 0 aromatic carbocycles. The lowest BCUT2D eigenvalue weighted by Gasteiger charge is -2.18. The fraction of sp³-hybridized carbons (Fsp3) is 0.500. The zero-order valence-corrected chi connectivity index (χ0v) is 12.6. The van der Waals surface area contributed by atoms with Gasteiger partial charge in [-0.2, -0.15) is 5.10 Å². The minimum Gasteiger partial charge on any atom is -0.371 e. The highest BCUT2D eigenvalue weighted by molar-refractivity contribution is 6.01. The number of pyridine rings is 1. The van der Waals surface area contributed by atoms with Gasteiger partial charge < -0.3 is 15.5 Å². The van der Waals surface area contributed by atoms with E-state index in [-0.39, 0.29) is 11.9 Å². The van der Waals surface area contributed by atoms with Gasteiger partial charge in [-0.25, -0.2) is 4.52 Å². The summed E-state index contributed by atoms with van der Waals surface area (Å²) in [4.78, 5) is 16.9. The Morgan fingerprint density at radius 2 is 2.09 bits per heavy atom. The van der Waals surface area contributed by atoms with E-state index >= 15 is 0 Å². The van der Waals surface area contributed by atoms with Crippen molar-refractivity contribution in [2.45, 2.75) is 25.3 Å². The lowest BCUT2D eigenvalue weighted by atomic mass is 10.2. The van der Waals surface area contributed by atoms with E-state index in [1.54, 1.807) is 10.7 Å². The number of fused-ring (bicyclic) bond motifs is 1. The van der Waals surface area contributed by atoms with Crippen LogP contribution in [0.2, 0.25) is 0 Å². The first kappa shape index (κ1) is 13.6. The summed E-state index contributed by atoms with van der Waals surface area (Å²) in [6, 6.07) is 4.26. The zero-order chi connectivity index (χ0) is 15.1. The van der Waals surface area contributed by atoms with E-state index < -0.39 is 0 Å². The van der Waals surface area contributed by atoms with Crippen molar-refractivity contribution < 1.29 is 4.79 Å². The van der Waals surface area contributed by atoms with Crippen LogP contribution in [0.15, 0.2) is 24.5 Å². The van der Waals surface area contributed by atoms with E-state index in [4.69, 9.17) is 5.73 Å². The number of rotatable bonds is 2. The molecule has 2 aliphatic heterocycles. The van der Waals surface area contributed by atoms with Crippen molar-refractivity contribution in [1.29, 1.82) is 0 Å². The molecule has 0 bridgehead atoms. The lowest BCUT2D eigenvalue weighted by Crippen LogP contribution is -2.31. The van der Waals surface area contributed by atoms with Gasteiger partial charge in [0.25, 0.3) is 5.91 Å². The Bertz CT molecular complexity index is 704. The molecule has 1 atom stereocenters. The molecule has 2 saturated heterocycles. The summed E-state index contributed by atoms with van der Waals surface area (Å²) in [7, 11) is 0. The lowest BCUT2D eigenvalue weighted by molar-refractivity contribution is 0.0793. The summed E-state index contributed by atoms with van der Waals surface area (Å²) >= 11 is 0. The molecular weight excluding hydrogens is 278 g/mol. The summed E-state index contributed by atoms with van der Waals surface area (Å²) in [5.41, 5.74) is 8.65. The first-order valence-corrected chi connectivity index (χ1v) is 7.99. The Kier molecular flexibility index (Phi) is 3.26. The average molecular weight is 299 g/mol. The van der Waals surface area contributed by atoms with Gasteiger partial charge in [0.1, 0.15) is 0 Å². The second-order valence-corrected chi connectivity index (χ2v) is 6.27. The number of hydrogen-bond acceptors (Lipinski definition) is 4. The van der Waals surface area contributed by atoms with Crippen molar-refractivity contribution in [1.82, 2.24) is 14.5 Å². The molecule has 0 radical (unpaired) electrons. The van der Waals surface area contributed by atoms with Crippen LogP contribution in [0.4, 0.5) is 5.69 Å². The Morgan fingerprint density at radius 1 is 1.27 bits per heavy atom. The zero-order valence-electron chi connectivity index (χ0n) is 12.6. The Balaban J connectivity index is 1.68. The van der Waals surface area contributed by atoms with Crippen LogP contribution in [-0.4, -0.2) is 52.6 Å². The third kappa shape index (κ3) is 2.23. The molecule has 2 aromatic rings. The third-order valence-electron chi connectivity index (χ3n) is 4.72. The van der Waals surface area contributed by atoms with Crippen LogP contribution >= 0.6 is 0 Å². The first-order chi connectivity index (χ1) is 10.7.